The second kappa shape index (κ2) is 7.45. The molecular weight excluding hydrogens is 394 g/mol. The van der Waals surface area contributed by atoms with Crippen molar-refractivity contribution in [2.45, 2.75) is 65.2 Å². The molecule has 0 aliphatic heterocycles. The Labute approximate surface area is 179 Å². The molecule has 0 fully saturated rings. The van der Waals surface area contributed by atoms with Gasteiger partial charge in [0.25, 0.3) is 10.0 Å². The van der Waals surface area contributed by atoms with E-state index in [1.165, 1.54) is 5.56 Å². The van der Waals surface area contributed by atoms with Crippen LogP contribution in [-0.4, -0.2) is 8.42 Å². The maximum absolute atomic E-state index is 13.0. The zero-order valence-corrected chi connectivity index (χ0v) is 19.3. The van der Waals surface area contributed by atoms with E-state index in [9.17, 15) is 8.42 Å². The molecule has 1 aromatic heterocycles. The summed E-state index contributed by atoms with van der Waals surface area (Å²) in [5.41, 5.74) is 4.59. The molecule has 0 saturated heterocycles. The maximum Gasteiger partial charge on any atom is 0.262 e. The number of nitrogens with one attached hydrogen (secondary N) is 1. The van der Waals surface area contributed by atoms with Crippen molar-refractivity contribution >= 4 is 26.7 Å². The molecule has 1 aliphatic carbocycles. The highest BCUT2D eigenvalue weighted by molar-refractivity contribution is 7.92. The van der Waals surface area contributed by atoms with Crippen molar-refractivity contribution in [1.29, 1.82) is 0 Å². The van der Waals surface area contributed by atoms with Crippen molar-refractivity contribution < 1.29 is 12.8 Å². The van der Waals surface area contributed by atoms with E-state index in [0.29, 0.717) is 16.5 Å². The first-order chi connectivity index (χ1) is 14.1. The smallest absolute Gasteiger partial charge is 0.262 e. The van der Waals surface area contributed by atoms with Gasteiger partial charge in [-0.2, -0.15) is 0 Å². The minimum absolute atomic E-state index is 0.281. The summed E-state index contributed by atoms with van der Waals surface area (Å²) in [5, 5.41) is 1.03. The van der Waals surface area contributed by atoms with Crippen LogP contribution in [0.2, 0.25) is 0 Å². The fourth-order valence-electron chi connectivity index (χ4n) is 4.50. The number of benzene rings is 2. The van der Waals surface area contributed by atoms with Crippen molar-refractivity contribution in [2.75, 3.05) is 4.72 Å². The van der Waals surface area contributed by atoms with Crippen LogP contribution in [0.15, 0.2) is 45.7 Å². The van der Waals surface area contributed by atoms with Crippen molar-refractivity contribution in [1.82, 2.24) is 0 Å². The van der Waals surface area contributed by atoms with Gasteiger partial charge in [0.1, 0.15) is 11.3 Å². The quantitative estimate of drug-likeness (QED) is 0.515. The molecular formula is C25H31NO3S. The molecule has 1 aliphatic rings. The fraction of sp³-hybridized carbons (Fsp3) is 0.440. The summed E-state index contributed by atoms with van der Waals surface area (Å²) >= 11 is 0. The summed E-state index contributed by atoms with van der Waals surface area (Å²) in [6.07, 6.45) is 4.21. The molecule has 0 bridgehead atoms. The molecule has 3 aromatic rings. The van der Waals surface area contributed by atoms with Gasteiger partial charge in [0.2, 0.25) is 0 Å². The summed E-state index contributed by atoms with van der Waals surface area (Å²) in [4.78, 5) is 0.321. The molecule has 0 saturated carbocycles. The van der Waals surface area contributed by atoms with Gasteiger partial charge in [-0.3, -0.25) is 4.72 Å². The van der Waals surface area contributed by atoms with Gasteiger partial charge in [-0.1, -0.05) is 39.3 Å². The van der Waals surface area contributed by atoms with Crippen LogP contribution in [0, 0.1) is 25.2 Å². The SMILES string of the molecule is CCC(C)(C)[C@@H]1CCc2oc3ccc(NS(=O)(=O)c4cc(C)ccc4C)cc3c2C1. The Bertz CT molecular complexity index is 1200. The number of hydrogen-bond donors (Lipinski definition) is 1. The van der Waals surface area contributed by atoms with Crippen LogP contribution in [0.5, 0.6) is 0 Å². The normalized spacial score (nSPS) is 17.2. The Balaban J connectivity index is 1.69. The fourth-order valence-corrected chi connectivity index (χ4v) is 5.89. The topological polar surface area (TPSA) is 59.3 Å². The Hall–Kier alpha value is -2.27. The van der Waals surface area contributed by atoms with Gasteiger partial charge < -0.3 is 4.42 Å². The first kappa shape index (κ1) is 21.0. The highest BCUT2D eigenvalue weighted by atomic mass is 32.2. The van der Waals surface area contributed by atoms with Crippen LogP contribution < -0.4 is 4.72 Å². The molecule has 160 valence electrons. The Morgan fingerprint density at radius 3 is 2.63 bits per heavy atom. The molecule has 0 unspecified atom stereocenters. The average molecular weight is 426 g/mol. The van der Waals surface area contributed by atoms with Gasteiger partial charge in [0.15, 0.2) is 0 Å². The highest BCUT2D eigenvalue weighted by Gasteiger charge is 2.33. The van der Waals surface area contributed by atoms with Crippen LogP contribution in [0.4, 0.5) is 5.69 Å². The van der Waals surface area contributed by atoms with E-state index >= 15 is 0 Å². The average Bonchev–Trinajstić information content (AvgIpc) is 3.06. The van der Waals surface area contributed by atoms with Gasteiger partial charge >= 0.3 is 0 Å². The second-order valence-electron chi connectivity index (χ2n) is 9.37. The van der Waals surface area contributed by atoms with Crippen LogP contribution >= 0.6 is 0 Å². The van der Waals surface area contributed by atoms with Gasteiger partial charge in [-0.25, -0.2) is 8.42 Å². The van der Waals surface area contributed by atoms with Crippen molar-refractivity contribution in [3.05, 3.63) is 58.8 Å². The Morgan fingerprint density at radius 2 is 1.90 bits per heavy atom. The highest BCUT2D eigenvalue weighted by Crippen LogP contribution is 2.43. The van der Waals surface area contributed by atoms with Gasteiger partial charge in [-0.15, -0.1) is 0 Å². The molecule has 0 radical (unpaired) electrons. The van der Waals surface area contributed by atoms with Crippen LogP contribution in [0.3, 0.4) is 0 Å². The van der Waals surface area contributed by atoms with Gasteiger partial charge in [0, 0.05) is 23.1 Å². The molecule has 4 nitrogen and oxygen atoms in total. The monoisotopic (exact) mass is 425 g/mol. The number of rotatable bonds is 5. The lowest BCUT2D eigenvalue weighted by Crippen LogP contribution is -2.28. The van der Waals surface area contributed by atoms with Crippen molar-refractivity contribution in [3.8, 4) is 0 Å². The number of fused-ring (bicyclic) bond motifs is 3. The van der Waals surface area contributed by atoms with Gasteiger partial charge in [-0.05, 0) is 73.4 Å². The van der Waals surface area contributed by atoms with Crippen LogP contribution in [0.25, 0.3) is 11.0 Å². The minimum atomic E-state index is -3.66. The van der Waals surface area contributed by atoms with Crippen LogP contribution in [0.1, 0.15) is 56.1 Å². The third kappa shape index (κ3) is 3.76. The van der Waals surface area contributed by atoms with E-state index < -0.39 is 10.0 Å². The summed E-state index contributed by atoms with van der Waals surface area (Å²) in [6.45, 7) is 10.7. The van der Waals surface area contributed by atoms with Crippen molar-refractivity contribution in [2.24, 2.45) is 11.3 Å². The summed E-state index contributed by atoms with van der Waals surface area (Å²) < 4.78 is 34.9. The number of hydrogen-bond acceptors (Lipinski definition) is 3. The molecule has 1 heterocycles. The largest absolute Gasteiger partial charge is 0.461 e. The van der Waals surface area contributed by atoms with Gasteiger partial charge in [0.05, 0.1) is 4.90 Å². The zero-order valence-electron chi connectivity index (χ0n) is 18.5. The predicted molar refractivity (Wildman–Crippen MR) is 123 cm³/mol. The van der Waals surface area contributed by atoms with E-state index in [2.05, 4.69) is 25.5 Å². The summed E-state index contributed by atoms with van der Waals surface area (Å²) in [7, 11) is -3.66. The number of sulfonamides is 1. The lowest BCUT2D eigenvalue weighted by molar-refractivity contribution is 0.179. The summed E-state index contributed by atoms with van der Waals surface area (Å²) in [5.74, 6) is 1.66. The van der Waals surface area contributed by atoms with E-state index in [1.807, 2.05) is 38.1 Å². The second-order valence-corrected chi connectivity index (χ2v) is 11.0. The molecule has 1 N–H and O–H groups in total. The first-order valence-corrected chi connectivity index (χ1v) is 12.2. The third-order valence-electron chi connectivity index (χ3n) is 6.95. The third-order valence-corrected chi connectivity index (χ3v) is 8.47. The molecule has 5 heteroatoms. The molecule has 2 aromatic carbocycles. The first-order valence-electron chi connectivity index (χ1n) is 10.7. The molecule has 0 spiro atoms. The lowest BCUT2D eigenvalue weighted by atomic mass is 9.69. The molecule has 1 atom stereocenters. The Kier molecular flexibility index (Phi) is 5.21. The lowest BCUT2D eigenvalue weighted by Gasteiger charge is -2.36. The van der Waals surface area contributed by atoms with Crippen LogP contribution in [-0.2, 0) is 22.9 Å². The number of anilines is 1. The molecule has 4 rings (SSSR count). The standard InChI is InChI=1S/C25H31NO3S/c1-6-25(4,5)18-9-11-22-20(14-18)21-15-19(10-12-23(21)29-22)26-30(27,28)24-13-16(2)7-8-17(24)3/h7-8,10,12-13,15,18,26H,6,9,11,14H2,1-5H3/t18-/m1/s1. The molecule has 0 amide bonds. The van der Waals surface area contributed by atoms with E-state index in [1.54, 1.807) is 12.1 Å². The number of aryl methyl sites for hydroxylation is 3. The predicted octanol–water partition coefficient (Wildman–Crippen LogP) is 6.39. The molecule has 30 heavy (non-hydrogen) atoms. The zero-order chi connectivity index (χ0) is 21.7. The minimum Gasteiger partial charge on any atom is -0.461 e. The summed E-state index contributed by atoms with van der Waals surface area (Å²) in [6, 6.07) is 11.1. The van der Waals surface area contributed by atoms with E-state index in [4.69, 9.17) is 4.42 Å². The van der Waals surface area contributed by atoms with Crippen molar-refractivity contribution in [3.63, 3.8) is 0 Å². The number of furan rings is 1. The van der Waals surface area contributed by atoms with E-state index in [-0.39, 0.29) is 5.41 Å². The maximum atomic E-state index is 13.0. The van der Waals surface area contributed by atoms with E-state index in [0.717, 1.165) is 53.5 Å². The Morgan fingerprint density at radius 1 is 1.13 bits per heavy atom.